The fourth-order valence-electron chi connectivity index (χ4n) is 0.898. The molecule has 0 atom stereocenters. The standard InChI is InChI=1S/C9H9ClF3N3O/c1-16(2)8(17)15-7-6(10)3-5(4-14-7)9(11,12)13/h3-4H,1-2H3,(H,14,15,17). The van der Waals surface area contributed by atoms with E-state index < -0.39 is 17.8 Å². The van der Waals surface area contributed by atoms with E-state index in [0.717, 1.165) is 0 Å². The summed E-state index contributed by atoms with van der Waals surface area (Å²) in [7, 11) is 2.96. The van der Waals surface area contributed by atoms with Gasteiger partial charge in [0.2, 0.25) is 0 Å². The monoisotopic (exact) mass is 267 g/mol. The molecule has 94 valence electrons. The summed E-state index contributed by atoms with van der Waals surface area (Å²) >= 11 is 5.59. The van der Waals surface area contributed by atoms with Crippen molar-refractivity contribution in [2.75, 3.05) is 19.4 Å². The van der Waals surface area contributed by atoms with Gasteiger partial charge in [-0.2, -0.15) is 13.2 Å². The lowest BCUT2D eigenvalue weighted by molar-refractivity contribution is -0.137. The molecule has 17 heavy (non-hydrogen) atoms. The zero-order valence-corrected chi connectivity index (χ0v) is 9.73. The highest BCUT2D eigenvalue weighted by Crippen LogP contribution is 2.32. The van der Waals surface area contributed by atoms with Gasteiger partial charge < -0.3 is 4.90 Å². The Morgan fingerprint density at radius 1 is 1.47 bits per heavy atom. The van der Waals surface area contributed by atoms with E-state index in [4.69, 9.17) is 11.6 Å². The molecule has 1 aromatic rings. The number of aromatic nitrogens is 1. The first kappa shape index (κ1) is 13.6. The molecule has 0 aliphatic rings. The molecule has 0 saturated carbocycles. The van der Waals surface area contributed by atoms with E-state index in [9.17, 15) is 18.0 Å². The van der Waals surface area contributed by atoms with Crippen LogP contribution in [-0.4, -0.2) is 30.0 Å². The lowest BCUT2D eigenvalue weighted by atomic mass is 10.3. The van der Waals surface area contributed by atoms with Crippen LogP contribution >= 0.6 is 11.6 Å². The number of nitrogens with one attached hydrogen (secondary N) is 1. The van der Waals surface area contributed by atoms with Gasteiger partial charge in [-0.3, -0.25) is 5.32 Å². The molecule has 1 rings (SSSR count). The van der Waals surface area contributed by atoms with Crippen LogP contribution in [0.3, 0.4) is 0 Å². The Morgan fingerprint density at radius 3 is 2.47 bits per heavy atom. The minimum atomic E-state index is -4.51. The second kappa shape index (κ2) is 4.79. The highest BCUT2D eigenvalue weighted by molar-refractivity contribution is 6.33. The SMILES string of the molecule is CN(C)C(=O)Nc1ncc(C(F)(F)F)cc1Cl. The van der Waals surface area contributed by atoms with Gasteiger partial charge >= 0.3 is 12.2 Å². The van der Waals surface area contributed by atoms with Crippen molar-refractivity contribution in [3.8, 4) is 0 Å². The molecule has 1 N–H and O–H groups in total. The number of carbonyl (C=O) groups is 1. The second-order valence-corrected chi connectivity index (χ2v) is 3.78. The minimum absolute atomic E-state index is 0.113. The molecule has 0 unspecified atom stereocenters. The van der Waals surface area contributed by atoms with Gasteiger partial charge in [0.1, 0.15) is 0 Å². The molecule has 1 heterocycles. The number of alkyl halides is 3. The predicted molar refractivity (Wildman–Crippen MR) is 57.0 cm³/mol. The summed E-state index contributed by atoms with van der Waals surface area (Å²) in [5, 5.41) is 2.00. The lowest BCUT2D eigenvalue weighted by Gasteiger charge is -2.13. The van der Waals surface area contributed by atoms with Gasteiger partial charge in [0, 0.05) is 20.3 Å². The highest BCUT2D eigenvalue weighted by atomic mass is 35.5. The quantitative estimate of drug-likeness (QED) is 0.850. The molecule has 8 heteroatoms. The van der Waals surface area contributed by atoms with Crippen molar-refractivity contribution in [3.05, 3.63) is 22.8 Å². The maximum absolute atomic E-state index is 12.3. The molecule has 1 aromatic heterocycles. The number of urea groups is 1. The molecule has 2 amide bonds. The number of carbonyl (C=O) groups excluding carboxylic acids is 1. The normalized spacial score (nSPS) is 11.2. The van der Waals surface area contributed by atoms with E-state index in [0.29, 0.717) is 12.3 Å². The fraction of sp³-hybridized carbons (Fsp3) is 0.333. The summed E-state index contributed by atoms with van der Waals surface area (Å²) < 4.78 is 36.9. The number of hydrogen-bond acceptors (Lipinski definition) is 2. The van der Waals surface area contributed by atoms with Crippen molar-refractivity contribution < 1.29 is 18.0 Å². The molecular weight excluding hydrogens is 259 g/mol. The minimum Gasteiger partial charge on any atom is -0.331 e. The Kier molecular flexibility index (Phi) is 3.82. The third-order valence-electron chi connectivity index (χ3n) is 1.80. The third kappa shape index (κ3) is 3.48. The van der Waals surface area contributed by atoms with Crippen molar-refractivity contribution in [2.24, 2.45) is 0 Å². The van der Waals surface area contributed by atoms with Crippen molar-refractivity contribution in [3.63, 3.8) is 0 Å². The van der Waals surface area contributed by atoms with Gasteiger partial charge in [0.25, 0.3) is 0 Å². The van der Waals surface area contributed by atoms with Crippen LogP contribution in [0.25, 0.3) is 0 Å². The summed E-state index contributed by atoms with van der Waals surface area (Å²) in [4.78, 5) is 15.9. The van der Waals surface area contributed by atoms with Crippen LogP contribution in [0.1, 0.15) is 5.56 Å². The van der Waals surface area contributed by atoms with Crippen molar-refractivity contribution in [1.29, 1.82) is 0 Å². The third-order valence-corrected chi connectivity index (χ3v) is 2.09. The molecule has 4 nitrogen and oxygen atoms in total. The molecule has 0 spiro atoms. The van der Waals surface area contributed by atoms with Gasteiger partial charge in [0.15, 0.2) is 5.82 Å². The van der Waals surface area contributed by atoms with E-state index in [-0.39, 0.29) is 10.8 Å². The molecule has 0 saturated heterocycles. The first-order valence-electron chi connectivity index (χ1n) is 4.43. The van der Waals surface area contributed by atoms with Crippen LogP contribution in [0.4, 0.5) is 23.8 Å². The smallest absolute Gasteiger partial charge is 0.331 e. The molecule has 0 radical (unpaired) electrons. The van der Waals surface area contributed by atoms with Crippen molar-refractivity contribution >= 4 is 23.4 Å². The number of hydrogen-bond donors (Lipinski definition) is 1. The summed E-state index contributed by atoms with van der Waals surface area (Å²) in [6.07, 6.45) is -3.90. The maximum Gasteiger partial charge on any atom is 0.417 e. The summed E-state index contributed by atoms with van der Waals surface area (Å²) in [6, 6.07) is 0.180. The van der Waals surface area contributed by atoms with Crippen LogP contribution in [0.15, 0.2) is 12.3 Å². The first-order valence-corrected chi connectivity index (χ1v) is 4.80. The van der Waals surface area contributed by atoms with E-state index in [1.54, 1.807) is 0 Å². The van der Waals surface area contributed by atoms with Crippen LogP contribution in [0.5, 0.6) is 0 Å². The predicted octanol–water partition coefficient (Wildman–Crippen LogP) is 2.85. The Balaban J connectivity index is 2.95. The topological polar surface area (TPSA) is 45.2 Å². The zero-order chi connectivity index (χ0) is 13.2. The van der Waals surface area contributed by atoms with Crippen molar-refractivity contribution in [2.45, 2.75) is 6.18 Å². The second-order valence-electron chi connectivity index (χ2n) is 3.38. The molecule has 0 aromatic carbocycles. The van der Waals surface area contributed by atoms with E-state index in [2.05, 4.69) is 10.3 Å². The largest absolute Gasteiger partial charge is 0.417 e. The number of rotatable bonds is 1. The van der Waals surface area contributed by atoms with Crippen LogP contribution in [0, 0.1) is 0 Å². The number of amides is 2. The zero-order valence-electron chi connectivity index (χ0n) is 8.97. The molecule has 0 fully saturated rings. The molecule has 0 aliphatic heterocycles. The van der Waals surface area contributed by atoms with Gasteiger partial charge in [-0.25, -0.2) is 9.78 Å². The van der Waals surface area contributed by atoms with Crippen LogP contribution in [0.2, 0.25) is 5.02 Å². The maximum atomic E-state index is 12.3. The van der Waals surface area contributed by atoms with E-state index >= 15 is 0 Å². The molecular formula is C9H9ClF3N3O. The van der Waals surface area contributed by atoms with Crippen LogP contribution < -0.4 is 5.32 Å². The van der Waals surface area contributed by atoms with Gasteiger partial charge in [0.05, 0.1) is 10.6 Å². The van der Waals surface area contributed by atoms with Crippen molar-refractivity contribution in [1.82, 2.24) is 9.88 Å². The number of nitrogens with zero attached hydrogens (tertiary/aromatic N) is 2. The Morgan fingerprint density at radius 2 is 2.06 bits per heavy atom. The number of anilines is 1. The first-order chi connectivity index (χ1) is 7.71. The Hall–Kier alpha value is -1.50. The van der Waals surface area contributed by atoms with Gasteiger partial charge in [-0.15, -0.1) is 0 Å². The number of pyridine rings is 1. The van der Waals surface area contributed by atoms with Gasteiger partial charge in [-0.1, -0.05) is 11.6 Å². The number of halogens is 4. The van der Waals surface area contributed by atoms with Gasteiger partial charge in [-0.05, 0) is 6.07 Å². The average molecular weight is 268 g/mol. The summed E-state index contributed by atoms with van der Waals surface area (Å²) in [5.74, 6) is -0.113. The van der Waals surface area contributed by atoms with E-state index in [1.165, 1.54) is 19.0 Å². The average Bonchev–Trinajstić information content (AvgIpc) is 2.19. The molecule has 0 bridgehead atoms. The van der Waals surface area contributed by atoms with Crippen LogP contribution in [-0.2, 0) is 6.18 Å². The Bertz CT molecular complexity index is 434. The molecule has 0 aliphatic carbocycles. The highest BCUT2D eigenvalue weighted by Gasteiger charge is 2.31. The fourth-order valence-corrected chi connectivity index (χ4v) is 1.11. The summed E-state index contributed by atoms with van der Waals surface area (Å²) in [5.41, 5.74) is -0.967. The van der Waals surface area contributed by atoms with E-state index in [1.807, 2.05) is 0 Å². The summed E-state index contributed by atoms with van der Waals surface area (Å²) in [6.45, 7) is 0. The Labute approximate surface area is 100 Å². The lowest BCUT2D eigenvalue weighted by Crippen LogP contribution is -2.28.